The van der Waals surface area contributed by atoms with Gasteiger partial charge in [0, 0.05) is 25.2 Å². The van der Waals surface area contributed by atoms with Gasteiger partial charge in [-0.15, -0.1) is 0 Å². The lowest BCUT2D eigenvalue weighted by Gasteiger charge is -2.21. The zero-order valence-corrected chi connectivity index (χ0v) is 11.4. The summed E-state index contributed by atoms with van der Waals surface area (Å²) in [7, 11) is 0. The van der Waals surface area contributed by atoms with Gasteiger partial charge in [-0.05, 0) is 13.3 Å². The number of nitro benzene ring substituents is 1. The van der Waals surface area contributed by atoms with Gasteiger partial charge in [0.25, 0.3) is 5.69 Å². The number of carboxylic acids is 1. The monoisotopic (exact) mass is 302 g/mol. The van der Waals surface area contributed by atoms with Gasteiger partial charge in [0.1, 0.15) is 11.5 Å². The summed E-state index contributed by atoms with van der Waals surface area (Å²) in [6.07, 6.45) is 0.337. The minimum Gasteiger partial charge on any atom is -0.481 e. The molecule has 1 aromatic carbocycles. The standard InChI is InChI=1S/C12H12ClFN2O4/c1-12(11(17)18)2-3-15(6-12)9-5-8(14)7(13)4-10(9)16(19)20/h4-5H,2-3,6H2,1H3,(H,17,18). The van der Waals surface area contributed by atoms with E-state index in [0.29, 0.717) is 13.0 Å². The molecule has 1 N–H and O–H groups in total. The van der Waals surface area contributed by atoms with Crippen molar-refractivity contribution in [2.45, 2.75) is 13.3 Å². The first-order valence-corrected chi connectivity index (χ1v) is 6.24. The van der Waals surface area contributed by atoms with Gasteiger partial charge in [-0.1, -0.05) is 11.6 Å². The maximum absolute atomic E-state index is 13.5. The maximum atomic E-state index is 13.5. The third kappa shape index (κ3) is 2.40. The van der Waals surface area contributed by atoms with Crippen LogP contribution in [0.5, 0.6) is 0 Å². The maximum Gasteiger partial charge on any atom is 0.311 e. The largest absolute Gasteiger partial charge is 0.481 e. The lowest BCUT2D eigenvalue weighted by atomic mass is 9.90. The van der Waals surface area contributed by atoms with Crippen molar-refractivity contribution in [3.05, 3.63) is 33.1 Å². The molecule has 1 saturated heterocycles. The molecule has 1 aliphatic rings. The summed E-state index contributed by atoms with van der Waals surface area (Å²) >= 11 is 5.55. The molecule has 1 unspecified atom stereocenters. The second kappa shape index (κ2) is 4.90. The van der Waals surface area contributed by atoms with E-state index in [0.717, 1.165) is 12.1 Å². The van der Waals surface area contributed by atoms with Crippen LogP contribution in [0.2, 0.25) is 5.02 Å². The summed E-state index contributed by atoms with van der Waals surface area (Å²) in [6.45, 7) is 1.96. The summed E-state index contributed by atoms with van der Waals surface area (Å²) in [5, 5.41) is 19.8. The van der Waals surface area contributed by atoms with Crippen LogP contribution in [0.1, 0.15) is 13.3 Å². The van der Waals surface area contributed by atoms with E-state index < -0.39 is 22.1 Å². The van der Waals surface area contributed by atoms with Crippen LogP contribution in [0, 0.1) is 21.3 Å². The Morgan fingerprint density at radius 3 is 2.75 bits per heavy atom. The molecule has 20 heavy (non-hydrogen) atoms. The molecule has 1 aliphatic heterocycles. The second-order valence-electron chi connectivity index (χ2n) is 5.05. The van der Waals surface area contributed by atoms with Gasteiger partial charge in [-0.3, -0.25) is 14.9 Å². The van der Waals surface area contributed by atoms with E-state index in [1.165, 1.54) is 4.90 Å². The lowest BCUT2D eigenvalue weighted by Crippen LogP contribution is -2.31. The average Bonchev–Trinajstić information content (AvgIpc) is 2.76. The van der Waals surface area contributed by atoms with E-state index >= 15 is 0 Å². The SMILES string of the molecule is CC1(C(=O)O)CCN(c2cc(F)c(Cl)cc2[N+](=O)[O-])C1. The highest BCUT2D eigenvalue weighted by molar-refractivity contribution is 6.31. The van der Waals surface area contributed by atoms with Crippen LogP contribution in [0.15, 0.2) is 12.1 Å². The number of hydrogen-bond donors (Lipinski definition) is 1. The molecule has 1 fully saturated rings. The minimum absolute atomic E-state index is 0.0573. The van der Waals surface area contributed by atoms with Crippen LogP contribution in [0.4, 0.5) is 15.8 Å². The molecule has 6 nitrogen and oxygen atoms in total. The molecule has 0 amide bonds. The number of nitrogens with zero attached hydrogens (tertiary/aromatic N) is 2. The Morgan fingerprint density at radius 2 is 2.25 bits per heavy atom. The Kier molecular flexibility index (Phi) is 3.56. The van der Waals surface area contributed by atoms with E-state index in [-0.39, 0.29) is 22.9 Å². The smallest absolute Gasteiger partial charge is 0.311 e. The fourth-order valence-corrected chi connectivity index (χ4v) is 2.42. The molecule has 108 valence electrons. The molecule has 0 radical (unpaired) electrons. The van der Waals surface area contributed by atoms with Crippen molar-refractivity contribution in [2.24, 2.45) is 5.41 Å². The third-order valence-corrected chi connectivity index (χ3v) is 3.83. The molecule has 1 atom stereocenters. The first-order valence-electron chi connectivity index (χ1n) is 5.86. The van der Waals surface area contributed by atoms with E-state index in [1.807, 2.05) is 0 Å². The highest BCUT2D eigenvalue weighted by atomic mass is 35.5. The molecule has 8 heteroatoms. The van der Waals surface area contributed by atoms with Crippen molar-refractivity contribution in [2.75, 3.05) is 18.0 Å². The minimum atomic E-state index is -0.996. The van der Waals surface area contributed by atoms with Crippen molar-refractivity contribution in [3.8, 4) is 0 Å². The number of hydrogen-bond acceptors (Lipinski definition) is 4. The Morgan fingerprint density at radius 1 is 1.60 bits per heavy atom. The number of aliphatic carboxylic acids is 1. The Labute approximate surface area is 118 Å². The van der Waals surface area contributed by atoms with Crippen molar-refractivity contribution in [3.63, 3.8) is 0 Å². The quantitative estimate of drug-likeness (QED) is 0.685. The summed E-state index contributed by atoms with van der Waals surface area (Å²) in [6, 6.07) is 1.93. The summed E-state index contributed by atoms with van der Waals surface area (Å²) in [4.78, 5) is 23.1. The summed E-state index contributed by atoms with van der Waals surface area (Å²) in [5.74, 6) is -1.74. The van der Waals surface area contributed by atoms with Crippen molar-refractivity contribution >= 4 is 28.9 Å². The number of benzene rings is 1. The Hall–Kier alpha value is -1.89. The van der Waals surface area contributed by atoms with Gasteiger partial charge in [0.15, 0.2) is 0 Å². The predicted octanol–water partition coefficient (Wildman–Crippen LogP) is 2.69. The highest BCUT2D eigenvalue weighted by Crippen LogP contribution is 2.39. The van der Waals surface area contributed by atoms with Gasteiger partial charge in [-0.2, -0.15) is 0 Å². The van der Waals surface area contributed by atoms with E-state index in [2.05, 4.69) is 0 Å². The van der Waals surface area contributed by atoms with Crippen molar-refractivity contribution in [1.29, 1.82) is 0 Å². The molecular formula is C12H12ClFN2O4. The number of carboxylic acid groups (broad SMARTS) is 1. The topological polar surface area (TPSA) is 83.7 Å². The number of rotatable bonds is 3. The van der Waals surface area contributed by atoms with Gasteiger partial charge < -0.3 is 10.0 Å². The lowest BCUT2D eigenvalue weighted by molar-refractivity contribution is -0.384. The van der Waals surface area contributed by atoms with Crippen molar-refractivity contribution in [1.82, 2.24) is 0 Å². The van der Waals surface area contributed by atoms with E-state index in [9.17, 15) is 19.3 Å². The molecular weight excluding hydrogens is 291 g/mol. The fourth-order valence-electron chi connectivity index (χ4n) is 2.27. The third-order valence-electron chi connectivity index (χ3n) is 3.54. The summed E-state index contributed by atoms with van der Waals surface area (Å²) < 4.78 is 13.5. The molecule has 1 aromatic rings. The summed E-state index contributed by atoms with van der Waals surface area (Å²) in [5.41, 5.74) is -1.27. The van der Waals surface area contributed by atoms with Crippen LogP contribution >= 0.6 is 11.6 Å². The van der Waals surface area contributed by atoms with Gasteiger partial charge >= 0.3 is 5.97 Å². The van der Waals surface area contributed by atoms with Crippen LogP contribution in [0.3, 0.4) is 0 Å². The zero-order valence-electron chi connectivity index (χ0n) is 10.6. The van der Waals surface area contributed by atoms with Crippen molar-refractivity contribution < 1.29 is 19.2 Å². The van der Waals surface area contributed by atoms with Gasteiger partial charge in [0.05, 0.1) is 15.4 Å². The Bertz CT molecular complexity index is 595. The average molecular weight is 303 g/mol. The number of anilines is 1. The van der Waals surface area contributed by atoms with E-state index in [1.54, 1.807) is 6.92 Å². The first kappa shape index (κ1) is 14.5. The molecule has 0 saturated carbocycles. The number of carbonyl (C=O) groups is 1. The molecule has 1 heterocycles. The molecule has 0 bridgehead atoms. The molecule has 0 aliphatic carbocycles. The van der Waals surface area contributed by atoms with Gasteiger partial charge in [-0.25, -0.2) is 4.39 Å². The molecule has 0 aromatic heterocycles. The number of halogens is 2. The van der Waals surface area contributed by atoms with Gasteiger partial charge in [0.2, 0.25) is 0 Å². The van der Waals surface area contributed by atoms with Crippen LogP contribution in [-0.4, -0.2) is 29.1 Å². The highest BCUT2D eigenvalue weighted by Gasteiger charge is 2.42. The van der Waals surface area contributed by atoms with Crippen LogP contribution in [0.25, 0.3) is 0 Å². The van der Waals surface area contributed by atoms with E-state index in [4.69, 9.17) is 16.7 Å². The fraction of sp³-hybridized carbons (Fsp3) is 0.417. The second-order valence-corrected chi connectivity index (χ2v) is 5.46. The van der Waals surface area contributed by atoms with Crippen LogP contribution in [-0.2, 0) is 4.79 Å². The molecule has 2 rings (SSSR count). The predicted molar refractivity (Wildman–Crippen MR) is 70.6 cm³/mol. The normalized spacial score (nSPS) is 22.1. The van der Waals surface area contributed by atoms with Crippen LogP contribution < -0.4 is 4.90 Å². The first-order chi connectivity index (χ1) is 9.24. The molecule has 0 spiro atoms. The number of nitro groups is 1. The zero-order chi connectivity index (χ0) is 15.1. The Balaban J connectivity index is 2.42.